The lowest BCUT2D eigenvalue weighted by molar-refractivity contribution is -0.128. The van der Waals surface area contributed by atoms with Gasteiger partial charge in [0.2, 0.25) is 17.6 Å². The minimum atomic E-state index is -1.21. The van der Waals surface area contributed by atoms with E-state index in [4.69, 9.17) is 14.2 Å². The van der Waals surface area contributed by atoms with Crippen LogP contribution in [0.25, 0.3) is 11.0 Å². The summed E-state index contributed by atoms with van der Waals surface area (Å²) in [5.74, 6) is -0.495. The van der Waals surface area contributed by atoms with Gasteiger partial charge < -0.3 is 19.5 Å². The van der Waals surface area contributed by atoms with Crippen molar-refractivity contribution in [2.75, 3.05) is 26.2 Å². The lowest BCUT2D eigenvalue weighted by atomic mass is 9.99. The quantitative estimate of drug-likeness (QED) is 0.332. The maximum atomic E-state index is 14.1. The molecule has 0 saturated heterocycles. The molecule has 0 saturated carbocycles. The van der Waals surface area contributed by atoms with E-state index in [0.29, 0.717) is 39.5 Å². The first-order valence-electron chi connectivity index (χ1n) is 12.5. The summed E-state index contributed by atoms with van der Waals surface area (Å²) in [6.45, 7) is 5.27. The van der Waals surface area contributed by atoms with Gasteiger partial charge in [0.15, 0.2) is 11.5 Å². The van der Waals surface area contributed by atoms with Crippen molar-refractivity contribution in [3.05, 3.63) is 72.0 Å². The number of nitrogens with one attached hydrogen (secondary N) is 1. The zero-order valence-corrected chi connectivity index (χ0v) is 23.3. The Morgan fingerprint density at radius 2 is 1.60 bits per heavy atom. The number of rotatable bonds is 9. The Morgan fingerprint density at radius 3 is 2.17 bits per heavy atom. The van der Waals surface area contributed by atoms with E-state index in [1.165, 1.54) is 55.2 Å². The largest absolute Gasteiger partial charge is 0.493 e. The number of methoxy groups -OCH3 is 3. The Hall–Kier alpha value is -4.67. The van der Waals surface area contributed by atoms with Crippen LogP contribution in [0.15, 0.2) is 60.7 Å². The molecule has 0 spiro atoms. The molecule has 0 aliphatic heterocycles. The molecule has 0 radical (unpaired) electrons. The van der Waals surface area contributed by atoms with Gasteiger partial charge in [-0.1, -0.05) is 17.3 Å². The molecule has 10 nitrogen and oxygen atoms in total. The molecule has 0 unspecified atom stereocenters. The number of aromatic nitrogens is 3. The fourth-order valence-electron chi connectivity index (χ4n) is 4.39. The molecule has 0 aliphatic carbocycles. The average Bonchev–Trinajstić information content (AvgIpc) is 3.32. The van der Waals surface area contributed by atoms with Gasteiger partial charge in [0.05, 0.1) is 26.8 Å². The molecule has 0 bridgehead atoms. The number of carbonyl (C=O) groups is 2. The first-order chi connectivity index (χ1) is 19.1. The van der Waals surface area contributed by atoms with Crippen LogP contribution in [0, 0.1) is 5.82 Å². The SMILES string of the molecule is COc1cc([C@@H](C(=O)NC(C)(C)C)N(C(=O)Cn2nnc3ccccc32)c2ccc(F)cc2)cc(OC)c1OC. The first-order valence-corrected chi connectivity index (χ1v) is 12.5. The topological polar surface area (TPSA) is 108 Å². The minimum absolute atomic E-state index is 0.235. The summed E-state index contributed by atoms with van der Waals surface area (Å²) in [4.78, 5) is 29.4. The summed E-state index contributed by atoms with van der Waals surface area (Å²) in [6.07, 6.45) is 0. The maximum Gasteiger partial charge on any atom is 0.249 e. The van der Waals surface area contributed by atoms with E-state index in [0.717, 1.165) is 0 Å². The highest BCUT2D eigenvalue weighted by Gasteiger charge is 2.36. The molecule has 40 heavy (non-hydrogen) atoms. The Labute approximate surface area is 231 Å². The van der Waals surface area contributed by atoms with Gasteiger partial charge in [-0.05, 0) is 74.9 Å². The van der Waals surface area contributed by atoms with Crippen molar-refractivity contribution in [2.24, 2.45) is 0 Å². The van der Waals surface area contributed by atoms with Crippen molar-refractivity contribution in [1.82, 2.24) is 20.3 Å². The number of benzene rings is 3. The van der Waals surface area contributed by atoms with Crippen molar-refractivity contribution >= 4 is 28.5 Å². The Kier molecular flexibility index (Phi) is 8.22. The van der Waals surface area contributed by atoms with E-state index in [1.54, 1.807) is 24.3 Å². The van der Waals surface area contributed by atoms with Crippen molar-refractivity contribution in [1.29, 1.82) is 0 Å². The van der Waals surface area contributed by atoms with Crippen LogP contribution in [-0.2, 0) is 16.1 Å². The highest BCUT2D eigenvalue weighted by molar-refractivity contribution is 6.01. The Bertz CT molecular complexity index is 1490. The molecule has 4 rings (SSSR count). The van der Waals surface area contributed by atoms with Gasteiger partial charge in [0.25, 0.3) is 0 Å². The third-order valence-electron chi connectivity index (χ3n) is 6.09. The highest BCUT2D eigenvalue weighted by Crippen LogP contribution is 2.41. The molecule has 2 amide bonds. The Morgan fingerprint density at radius 1 is 0.975 bits per heavy atom. The number of ether oxygens (including phenoxy) is 3. The third-order valence-corrected chi connectivity index (χ3v) is 6.09. The fourth-order valence-corrected chi connectivity index (χ4v) is 4.39. The second-order valence-corrected chi connectivity index (χ2v) is 10.1. The van der Waals surface area contributed by atoms with Gasteiger partial charge in [-0.25, -0.2) is 9.07 Å². The van der Waals surface area contributed by atoms with Crippen LogP contribution in [0.3, 0.4) is 0 Å². The average molecular weight is 550 g/mol. The number of hydrogen-bond acceptors (Lipinski definition) is 7. The number of fused-ring (bicyclic) bond motifs is 1. The minimum Gasteiger partial charge on any atom is -0.493 e. The van der Waals surface area contributed by atoms with E-state index >= 15 is 0 Å². The smallest absolute Gasteiger partial charge is 0.249 e. The monoisotopic (exact) mass is 549 g/mol. The predicted octanol–water partition coefficient (Wildman–Crippen LogP) is 4.29. The van der Waals surface area contributed by atoms with Crippen molar-refractivity contribution in [2.45, 2.75) is 38.9 Å². The van der Waals surface area contributed by atoms with Crippen LogP contribution in [0.2, 0.25) is 0 Å². The summed E-state index contributed by atoms with van der Waals surface area (Å²) < 4.78 is 32.0. The van der Waals surface area contributed by atoms with Crippen molar-refractivity contribution in [3.8, 4) is 17.2 Å². The second kappa shape index (κ2) is 11.6. The molecule has 1 aromatic heterocycles. The molecule has 210 valence electrons. The van der Waals surface area contributed by atoms with Crippen LogP contribution in [-0.4, -0.2) is 53.7 Å². The summed E-state index contributed by atoms with van der Waals surface area (Å²) in [5, 5.41) is 11.2. The van der Waals surface area contributed by atoms with Crippen LogP contribution in [0.1, 0.15) is 32.4 Å². The molecule has 1 heterocycles. The van der Waals surface area contributed by atoms with Crippen molar-refractivity contribution < 1.29 is 28.2 Å². The number of hydrogen-bond donors (Lipinski definition) is 1. The van der Waals surface area contributed by atoms with Crippen LogP contribution >= 0.6 is 0 Å². The second-order valence-electron chi connectivity index (χ2n) is 10.1. The number of nitrogens with zero attached hydrogens (tertiary/aromatic N) is 4. The van der Waals surface area contributed by atoms with Gasteiger partial charge in [-0.2, -0.15) is 0 Å². The summed E-state index contributed by atoms with van der Waals surface area (Å²) in [6, 6.07) is 14.6. The van der Waals surface area contributed by atoms with E-state index < -0.39 is 29.2 Å². The normalized spacial score (nSPS) is 12.1. The van der Waals surface area contributed by atoms with Gasteiger partial charge in [0.1, 0.15) is 23.9 Å². The number of carbonyl (C=O) groups excluding carboxylic acids is 2. The standard InChI is InChI=1S/C29H32FN5O5/c1-29(2,3)31-28(37)26(18-15-23(38-4)27(40-6)24(16-18)39-5)35(20-13-11-19(30)12-14-20)25(36)17-34-22-10-8-7-9-21(22)32-33-34/h7-16,26H,17H2,1-6H3,(H,31,37)/t26-/m0/s1. The number of anilines is 1. The molecule has 0 aliphatic rings. The fraction of sp³-hybridized carbons (Fsp3) is 0.310. The first kappa shape index (κ1) is 28.3. The molecule has 1 N–H and O–H groups in total. The molecular formula is C29H32FN5O5. The van der Waals surface area contributed by atoms with Gasteiger partial charge in [-0.15, -0.1) is 5.10 Å². The van der Waals surface area contributed by atoms with Crippen LogP contribution in [0.5, 0.6) is 17.2 Å². The zero-order valence-electron chi connectivity index (χ0n) is 23.3. The summed E-state index contributed by atoms with van der Waals surface area (Å²) >= 11 is 0. The van der Waals surface area contributed by atoms with E-state index in [1.807, 2.05) is 32.9 Å². The molecule has 4 aromatic rings. The van der Waals surface area contributed by atoms with Crippen molar-refractivity contribution in [3.63, 3.8) is 0 Å². The Balaban J connectivity index is 1.91. The number of amides is 2. The molecule has 1 atom stereocenters. The summed E-state index contributed by atoms with van der Waals surface area (Å²) in [7, 11) is 4.40. The number of para-hydroxylation sites is 1. The van der Waals surface area contributed by atoms with E-state index in [-0.39, 0.29) is 6.54 Å². The maximum absolute atomic E-state index is 14.1. The summed E-state index contributed by atoms with van der Waals surface area (Å²) in [5.41, 5.74) is 1.33. The third kappa shape index (κ3) is 5.98. The molecular weight excluding hydrogens is 517 g/mol. The van der Waals surface area contributed by atoms with Gasteiger partial charge in [-0.3, -0.25) is 14.5 Å². The molecule has 3 aromatic carbocycles. The molecule has 11 heteroatoms. The van der Waals surface area contributed by atoms with Crippen LogP contribution in [0.4, 0.5) is 10.1 Å². The predicted molar refractivity (Wildman–Crippen MR) is 148 cm³/mol. The van der Waals surface area contributed by atoms with Gasteiger partial charge in [0, 0.05) is 11.2 Å². The number of halogens is 1. The van der Waals surface area contributed by atoms with E-state index in [2.05, 4.69) is 15.6 Å². The van der Waals surface area contributed by atoms with Gasteiger partial charge >= 0.3 is 0 Å². The lowest BCUT2D eigenvalue weighted by Crippen LogP contribution is -2.50. The zero-order chi connectivity index (χ0) is 29.0. The molecule has 0 fully saturated rings. The lowest BCUT2D eigenvalue weighted by Gasteiger charge is -2.34. The van der Waals surface area contributed by atoms with Crippen LogP contribution < -0.4 is 24.4 Å². The van der Waals surface area contributed by atoms with E-state index in [9.17, 15) is 14.0 Å². The highest BCUT2D eigenvalue weighted by atomic mass is 19.1.